The normalized spacial score (nSPS) is 13.0. The molecule has 0 fully saturated rings. The third-order valence-electron chi connectivity index (χ3n) is 3.54. The third-order valence-corrected chi connectivity index (χ3v) is 4.35. The van der Waals surface area contributed by atoms with Gasteiger partial charge in [0.05, 0.1) is 16.6 Å². The van der Waals surface area contributed by atoms with Gasteiger partial charge in [-0.15, -0.1) is 5.10 Å². The predicted molar refractivity (Wildman–Crippen MR) is 84.9 cm³/mol. The van der Waals surface area contributed by atoms with Crippen LogP contribution in [0.2, 0.25) is 0 Å². The van der Waals surface area contributed by atoms with Crippen LogP contribution in [0.3, 0.4) is 0 Å². The van der Waals surface area contributed by atoms with E-state index in [2.05, 4.69) is 39.9 Å². The molecule has 21 heavy (non-hydrogen) atoms. The van der Waals surface area contributed by atoms with Crippen molar-refractivity contribution in [3.8, 4) is 0 Å². The number of nitrogens with two attached hydrogens (primary N) is 1. The van der Waals surface area contributed by atoms with Crippen LogP contribution in [-0.2, 0) is 0 Å². The van der Waals surface area contributed by atoms with Gasteiger partial charge in [-0.2, -0.15) is 0 Å². The zero-order valence-corrected chi connectivity index (χ0v) is 12.8. The van der Waals surface area contributed by atoms with E-state index in [1.165, 1.54) is 11.5 Å². The van der Waals surface area contributed by atoms with Crippen molar-refractivity contribution in [2.24, 2.45) is 5.84 Å². The first-order valence-electron chi connectivity index (χ1n) is 6.83. The molecule has 1 atom stereocenters. The van der Waals surface area contributed by atoms with Crippen molar-refractivity contribution < 1.29 is 0 Å². The highest BCUT2D eigenvalue weighted by Crippen LogP contribution is 2.33. The number of fused-ring (bicyclic) bond motifs is 1. The first-order valence-corrected chi connectivity index (χ1v) is 7.60. The van der Waals surface area contributed by atoms with Gasteiger partial charge in [0.25, 0.3) is 0 Å². The molecule has 0 aliphatic carbocycles. The van der Waals surface area contributed by atoms with Crippen molar-refractivity contribution in [1.29, 1.82) is 0 Å². The largest absolute Gasteiger partial charge is 0.271 e. The summed E-state index contributed by atoms with van der Waals surface area (Å²) in [5.74, 6) is 6.15. The summed E-state index contributed by atoms with van der Waals surface area (Å²) >= 11 is 1.39. The van der Waals surface area contributed by atoms with Gasteiger partial charge in [0.2, 0.25) is 0 Å². The number of hydrazine groups is 1. The number of nitrogens with zero attached hydrogens (tertiary/aromatic N) is 3. The number of hydrogen-bond acceptors (Lipinski definition) is 6. The van der Waals surface area contributed by atoms with Crippen LogP contribution in [0.25, 0.3) is 10.8 Å². The maximum atomic E-state index is 5.84. The molecule has 3 aromatic rings. The van der Waals surface area contributed by atoms with Crippen molar-refractivity contribution in [3.63, 3.8) is 0 Å². The fraction of sp³-hybridized carbons (Fsp3) is 0.267. The molecule has 3 rings (SSSR count). The molecule has 0 aliphatic rings. The molecule has 0 bridgehead atoms. The Bertz CT molecular complexity index is 747. The second-order valence-corrected chi connectivity index (χ2v) is 6.01. The SMILES string of the molecule is CC(C)c1nnsc1C(NN)c1cccc2cnccc12. The minimum Gasteiger partial charge on any atom is -0.271 e. The van der Waals surface area contributed by atoms with E-state index in [0.29, 0.717) is 5.92 Å². The van der Waals surface area contributed by atoms with E-state index >= 15 is 0 Å². The predicted octanol–water partition coefficient (Wildman–Crippen LogP) is 2.76. The van der Waals surface area contributed by atoms with E-state index in [-0.39, 0.29) is 6.04 Å². The van der Waals surface area contributed by atoms with Gasteiger partial charge in [0, 0.05) is 17.8 Å². The molecular formula is C15H17N5S. The van der Waals surface area contributed by atoms with Gasteiger partial charge >= 0.3 is 0 Å². The Morgan fingerprint density at radius 3 is 2.86 bits per heavy atom. The van der Waals surface area contributed by atoms with Gasteiger partial charge in [-0.1, -0.05) is 36.5 Å². The highest BCUT2D eigenvalue weighted by atomic mass is 32.1. The molecule has 1 aromatic carbocycles. The minimum atomic E-state index is -0.117. The molecule has 0 aliphatic heterocycles. The van der Waals surface area contributed by atoms with E-state index in [0.717, 1.165) is 26.9 Å². The number of hydrogen-bond donors (Lipinski definition) is 2. The van der Waals surface area contributed by atoms with Crippen molar-refractivity contribution in [3.05, 3.63) is 52.8 Å². The molecule has 6 heteroatoms. The van der Waals surface area contributed by atoms with Gasteiger partial charge < -0.3 is 0 Å². The van der Waals surface area contributed by atoms with Crippen LogP contribution >= 0.6 is 11.5 Å². The summed E-state index contributed by atoms with van der Waals surface area (Å²) < 4.78 is 4.10. The molecule has 0 amide bonds. The molecule has 0 saturated carbocycles. The average Bonchev–Trinajstić information content (AvgIpc) is 2.98. The molecule has 108 valence electrons. The molecule has 2 heterocycles. The van der Waals surface area contributed by atoms with Gasteiger partial charge in [0.1, 0.15) is 0 Å². The Labute approximate surface area is 127 Å². The number of benzene rings is 1. The monoisotopic (exact) mass is 299 g/mol. The Morgan fingerprint density at radius 2 is 2.10 bits per heavy atom. The maximum Gasteiger partial charge on any atom is 0.0843 e. The Hall–Kier alpha value is -1.89. The summed E-state index contributed by atoms with van der Waals surface area (Å²) in [5, 5.41) is 6.48. The lowest BCUT2D eigenvalue weighted by Gasteiger charge is -2.18. The molecule has 0 saturated heterocycles. The number of pyridine rings is 1. The van der Waals surface area contributed by atoms with Crippen LogP contribution in [-0.4, -0.2) is 14.6 Å². The van der Waals surface area contributed by atoms with E-state index < -0.39 is 0 Å². The van der Waals surface area contributed by atoms with Crippen LogP contribution in [0.1, 0.15) is 41.9 Å². The van der Waals surface area contributed by atoms with Gasteiger partial charge in [-0.25, -0.2) is 5.43 Å². The third kappa shape index (κ3) is 2.53. The number of nitrogens with one attached hydrogen (secondary N) is 1. The van der Waals surface area contributed by atoms with Gasteiger partial charge in [-0.3, -0.25) is 10.8 Å². The smallest absolute Gasteiger partial charge is 0.0843 e. The quantitative estimate of drug-likeness (QED) is 0.572. The highest BCUT2D eigenvalue weighted by molar-refractivity contribution is 7.05. The number of aromatic nitrogens is 3. The molecule has 0 radical (unpaired) electrons. The lowest BCUT2D eigenvalue weighted by Crippen LogP contribution is -2.29. The lowest BCUT2D eigenvalue weighted by molar-refractivity contribution is 0.635. The zero-order valence-electron chi connectivity index (χ0n) is 11.9. The zero-order chi connectivity index (χ0) is 14.8. The summed E-state index contributed by atoms with van der Waals surface area (Å²) in [4.78, 5) is 5.24. The van der Waals surface area contributed by atoms with E-state index in [9.17, 15) is 0 Å². The van der Waals surface area contributed by atoms with E-state index in [1.807, 2.05) is 24.4 Å². The van der Waals surface area contributed by atoms with E-state index in [4.69, 9.17) is 5.84 Å². The summed E-state index contributed by atoms with van der Waals surface area (Å²) in [6.07, 6.45) is 3.66. The summed E-state index contributed by atoms with van der Waals surface area (Å²) in [5.41, 5.74) is 5.03. The van der Waals surface area contributed by atoms with Crippen molar-refractivity contribution in [2.75, 3.05) is 0 Å². The first kappa shape index (κ1) is 14.1. The molecular weight excluding hydrogens is 282 g/mol. The van der Waals surface area contributed by atoms with Crippen molar-refractivity contribution >= 4 is 22.3 Å². The molecule has 2 aromatic heterocycles. The van der Waals surface area contributed by atoms with Crippen molar-refractivity contribution in [2.45, 2.75) is 25.8 Å². The molecule has 0 spiro atoms. The van der Waals surface area contributed by atoms with Gasteiger partial charge in [0.15, 0.2) is 0 Å². The Balaban J connectivity index is 2.17. The second-order valence-electron chi connectivity index (χ2n) is 5.22. The average molecular weight is 299 g/mol. The topological polar surface area (TPSA) is 76.7 Å². The van der Waals surface area contributed by atoms with Crippen molar-refractivity contribution in [1.82, 2.24) is 20.0 Å². The number of rotatable bonds is 4. The van der Waals surface area contributed by atoms with E-state index in [1.54, 1.807) is 6.20 Å². The molecule has 1 unspecified atom stereocenters. The lowest BCUT2D eigenvalue weighted by atomic mass is 9.96. The summed E-state index contributed by atoms with van der Waals surface area (Å²) in [7, 11) is 0. The molecule has 5 nitrogen and oxygen atoms in total. The maximum absolute atomic E-state index is 5.84. The standard InChI is InChI=1S/C15H17N5S/c1-9(2)13-15(21-20-19-13)14(18-16)12-5-3-4-10-8-17-7-6-11(10)12/h3-9,14,18H,16H2,1-2H3. The Kier molecular flexibility index (Phi) is 3.92. The van der Waals surface area contributed by atoms with Crippen LogP contribution in [0.5, 0.6) is 0 Å². The van der Waals surface area contributed by atoms with Crippen LogP contribution in [0, 0.1) is 0 Å². The molecule has 3 N–H and O–H groups in total. The fourth-order valence-corrected chi connectivity index (χ4v) is 3.40. The fourth-order valence-electron chi connectivity index (χ4n) is 2.51. The van der Waals surface area contributed by atoms with Crippen LogP contribution in [0.4, 0.5) is 0 Å². The van der Waals surface area contributed by atoms with Crippen LogP contribution in [0.15, 0.2) is 36.7 Å². The van der Waals surface area contributed by atoms with Gasteiger partial charge in [-0.05, 0) is 34.5 Å². The summed E-state index contributed by atoms with van der Waals surface area (Å²) in [6.45, 7) is 4.22. The minimum absolute atomic E-state index is 0.117. The summed E-state index contributed by atoms with van der Waals surface area (Å²) in [6, 6.07) is 8.05. The Morgan fingerprint density at radius 1 is 1.24 bits per heavy atom. The first-order chi connectivity index (χ1) is 10.2. The highest BCUT2D eigenvalue weighted by Gasteiger charge is 2.23. The second kappa shape index (κ2) is 5.85. The van der Waals surface area contributed by atoms with Crippen LogP contribution < -0.4 is 11.3 Å².